The Kier molecular flexibility index (Phi) is 2.03. The molecular formula is C7H14N4. The van der Waals surface area contributed by atoms with Crippen LogP contribution in [-0.4, -0.2) is 16.7 Å². The van der Waals surface area contributed by atoms with Crippen LogP contribution in [0.25, 0.3) is 0 Å². The molecule has 3 N–H and O–H groups in total. The molecule has 0 aliphatic heterocycles. The summed E-state index contributed by atoms with van der Waals surface area (Å²) in [4.78, 5) is 4.16. The van der Waals surface area contributed by atoms with Gasteiger partial charge in [-0.3, -0.25) is 0 Å². The third-order valence-corrected chi connectivity index (χ3v) is 1.60. The van der Waals surface area contributed by atoms with Crippen LogP contribution in [0.15, 0.2) is 6.20 Å². The van der Waals surface area contributed by atoms with Crippen LogP contribution in [0.1, 0.15) is 25.6 Å². The maximum absolute atomic E-state index is 5.71. The van der Waals surface area contributed by atoms with Crippen LogP contribution in [-0.2, 0) is 0 Å². The number of hydrogen-bond donors (Lipinski definition) is 2. The summed E-state index contributed by atoms with van der Waals surface area (Å²) in [6, 6.07) is 0. The molecule has 0 saturated heterocycles. The normalized spacial score (nSPS) is 10.5. The highest BCUT2D eigenvalue weighted by Gasteiger charge is 2.08. The van der Waals surface area contributed by atoms with Crippen LogP contribution in [0.4, 0.5) is 5.82 Å². The monoisotopic (exact) mass is 154 g/mol. The van der Waals surface area contributed by atoms with E-state index in [2.05, 4.69) is 24.1 Å². The van der Waals surface area contributed by atoms with Crippen LogP contribution in [0.2, 0.25) is 0 Å². The van der Waals surface area contributed by atoms with Gasteiger partial charge in [-0.05, 0) is 0 Å². The maximum Gasteiger partial charge on any atom is 0.145 e. The van der Waals surface area contributed by atoms with Gasteiger partial charge in [-0.1, -0.05) is 13.8 Å². The number of nitrogens with two attached hydrogens (primary N) is 1. The molecule has 1 aromatic heterocycles. The first-order chi connectivity index (χ1) is 5.16. The lowest BCUT2D eigenvalue weighted by Crippen LogP contribution is -2.16. The van der Waals surface area contributed by atoms with E-state index >= 15 is 0 Å². The van der Waals surface area contributed by atoms with Crippen molar-refractivity contribution in [1.29, 1.82) is 0 Å². The highest BCUT2D eigenvalue weighted by atomic mass is 15.4. The third kappa shape index (κ3) is 1.29. The van der Waals surface area contributed by atoms with Gasteiger partial charge < -0.3 is 11.2 Å². The second-order valence-electron chi connectivity index (χ2n) is 2.78. The lowest BCUT2D eigenvalue weighted by molar-refractivity contribution is 0.738. The molecule has 1 heterocycles. The number of nitrogens with zero attached hydrogens (tertiary/aromatic N) is 2. The van der Waals surface area contributed by atoms with Gasteiger partial charge in [-0.2, -0.15) is 0 Å². The number of imidazole rings is 1. The number of nitrogen functional groups attached to an aromatic ring is 1. The first-order valence-corrected chi connectivity index (χ1v) is 3.67. The second-order valence-corrected chi connectivity index (χ2v) is 2.78. The molecule has 0 fully saturated rings. The Morgan fingerprint density at radius 1 is 1.64 bits per heavy atom. The van der Waals surface area contributed by atoms with Gasteiger partial charge in [-0.15, -0.1) is 0 Å². The van der Waals surface area contributed by atoms with Crippen molar-refractivity contribution in [3.05, 3.63) is 12.0 Å². The lowest BCUT2D eigenvalue weighted by atomic mass is 10.2. The minimum absolute atomic E-state index is 0.363. The van der Waals surface area contributed by atoms with Crippen molar-refractivity contribution in [2.24, 2.45) is 0 Å². The van der Waals surface area contributed by atoms with E-state index in [1.54, 1.807) is 10.9 Å². The van der Waals surface area contributed by atoms with Gasteiger partial charge in [0.15, 0.2) is 0 Å². The Morgan fingerprint density at radius 3 is 2.55 bits per heavy atom. The summed E-state index contributed by atoms with van der Waals surface area (Å²) in [5.74, 6) is 7.81. The summed E-state index contributed by atoms with van der Waals surface area (Å²) < 4.78 is 1.57. The highest BCUT2D eigenvalue weighted by molar-refractivity contribution is 5.34. The number of rotatable bonds is 2. The Hall–Kier alpha value is -1.19. The van der Waals surface area contributed by atoms with Crippen LogP contribution >= 0.6 is 0 Å². The Bertz CT molecular complexity index is 239. The summed E-state index contributed by atoms with van der Waals surface area (Å²) in [5.41, 5.74) is 0. The minimum Gasteiger partial charge on any atom is -0.372 e. The number of nitrogens with one attached hydrogen (secondary N) is 1. The second kappa shape index (κ2) is 2.82. The largest absolute Gasteiger partial charge is 0.372 e. The summed E-state index contributed by atoms with van der Waals surface area (Å²) in [6.07, 6.45) is 1.73. The molecule has 0 aliphatic rings. The van der Waals surface area contributed by atoms with Crippen molar-refractivity contribution >= 4 is 5.82 Å². The van der Waals surface area contributed by atoms with Gasteiger partial charge in [-0.25, -0.2) is 9.66 Å². The summed E-state index contributed by atoms with van der Waals surface area (Å²) in [6.45, 7) is 4.12. The number of hydrogen-bond acceptors (Lipinski definition) is 3. The number of aromatic nitrogens is 2. The molecule has 1 aromatic rings. The summed E-state index contributed by atoms with van der Waals surface area (Å²) >= 11 is 0. The van der Waals surface area contributed by atoms with Gasteiger partial charge in [0.05, 0.1) is 6.20 Å². The van der Waals surface area contributed by atoms with Crippen LogP contribution < -0.4 is 11.2 Å². The Labute approximate surface area is 66.4 Å². The van der Waals surface area contributed by atoms with Crippen molar-refractivity contribution in [2.75, 3.05) is 18.2 Å². The smallest absolute Gasteiger partial charge is 0.145 e. The van der Waals surface area contributed by atoms with Crippen LogP contribution in [0.5, 0.6) is 0 Å². The zero-order valence-corrected chi connectivity index (χ0v) is 7.13. The van der Waals surface area contributed by atoms with Crippen LogP contribution in [0, 0.1) is 0 Å². The van der Waals surface area contributed by atoms with E-state index in [9.17, 15) is 0 Å². The molecule has 11 heavy (non-hydrogen) atoms. The quantitative estimate of drug-likeness (QED) is 0.618. The van der Waals surface area contributed by atoms with E-state index in [0.717, 1.165) is 11.6 Å². The fourth-order valence-corrected chi connectivity index (χ4v) is 0.987. The zero-order chi connectivity index (χ0) is 8.43. The molecular weight excluding hydrogens is 140 g/mol. The molecule has 0 bridgehead atoms. The van der Waals surface area contributed by atoms with E-state index in [1.807, 2.05) is 7.05 Å². The van der Waals surface area contributed by atoms with E-state index in [4.69, 9.17) is 5.84 Å². The molecule has 0 saturated carbocycles. The highest BCUT2D eigenvalue weighted by Crippen LogP contribution is 2.14. The van der Waals surface area contributed by atoms with Gasteiger partial charge in [0.2, 0.25) is 0 Å². The lowest BCUT2D eigenvalue weighted by Gasteiger charge is -2.06. The molecule has 0 radical (unpaired) electrons. The number of anilines is 1. The SMILES string of the molecule is CNc1cnc(C(C)C)n1N. The third-order valence-electron chi connectivity index (χ3n) is 1.60. The molecule has 0 unspecified atom stereocenters. The predicted molar refractivity (Wildman–Crippen MR) is 46.0 cm³/mol. The molecule has 0 amide bonds. The van der Waals surface area contributed by atoms with Crippen LogP contribution in [0.3, 0.4) is 0 Å². The van der Waals surface area contributed by atoms with Gasteiger partial charge >= 0.3 is 0 Å². The molecule has 1 rings (SSSR count). The fraction of sp³-hybridized carbons (Fsp3) is 0.571. The Balaban J connectivity index is 3.00. The van der Waals surface area contributed by atoms with Crippen molar-refractivity contribution in [1.82, 2.24) is 9.66 Å². The molecule has 0 atom stereocenters. The van der Waals surface area contributed by atoms with E-state index < -0.39 is 0 Å². The average molecular weight is 154 g/mol. The average Bonchev–Trinajstić information content (AvgIpc) is 2.30. The Morgan fingerprint density at radius 2 is 2.27 bits per heavy atom. The first kappa shape index (κ1) is 7.91. The molecule has 62 valence electrons. The molecule has 4 nitrogen and oxygen atoms in total. The predicted octanol–water partition coefficient (Wildman–Crippen LogP) is 0.762. The zero-order valence-electron chi connectivity index (χ0n) is 7.13. The van der Waals surface area contributed by atoms with Crippen molar-refractivity contribution < 1.29 is 0 Å². The molecule has 4 heteroatoms. The summed E-state index contributed by atoms with van der Waals surface area (Å²) in [7, 11) is 1.82. The first-order valence-electron chi connectivity index (χ1n) is 3.67. The molecule has 0 spiro atoms. The van der Waals surface area contributed by atoms with Crippen molar-refractivity contribution in [2.45, 2.75) is 19.8 Å². The maximum atomic E-state index is 5.71. The van der Waals surface area contributed by atoms with Crippen molar-refractivity contribution in [3.63, 3.8) is 0 Å². The standard InChI is InChI=1S/C7H14N4/c1-5(2)7-10-4-6(9-3)11(7)8/h4-5,9H,8H2,1-3H3. The van der Waals surface area contributed by atoms with Gasteiger partial charge in [0.25, 0.3) is 0 Å². The molecule has 0 aliphatic carbocycles. The fourth-order valence-electron chi connectivity index (χ4n) is 0.987. The van der Waals surface area contributed by atoms with Gasteiger partial charge in [0.1, 0.15) is 11.6 Å². The van der Waals surface area contributed by atoms with Crippen molar-refractivity contribution in [3.8, 4) is 0 Å². The summed E-state index contributed by atoms with van der Waals surface area (Å²) in [5, 5.41) is 2.95. The topological polar surface area (TPSA) is 55.9 Å². The van der Waals surface area contributed by atoms with Gasteiger partial charge in [0, 0.05) is 13.0 Å². The molecule has 0 aromatic carbocycles. The van der Waals surface area contributed by atoms with E-state index in [0.29, 0.717) is 5.92 Å². The van der Waals surface area contributed by atoms with E-state index in [1.165, 1.54) is 0 Å². The van der Waals surface area contributed by atoms with E-state index in [-0.39, 0.29) is 0 Å². The minimum atomic E-state index is 0.363.